The van der Waals surface area contributed by atoms with Gasteiger partial charge in [0, 0.05) is 25.8 Å². The highest BCUT2D eigenvalue weighted by atomic mass is 16.5. The molecule has 0 radical (unpaired) electrons. The van der Waals surface area contributed by atoms with Crippen LogP contribution in [-0.4, -0.2) is 42.2 Å². The first-order chi connectivity index (χ1) is 25.1. The minimum absolute atomic E-state index is 0.129. The van der Waals surface area contributed by atoms with E-state index >= 15 is 0 Å². The lowest BCUT2D eigenvalue weighted by Gasteiger charge is -2.15. The van der Waals surface area contributed by atoms with Crippen LogP contribution in [0.15, 0.2) is 140 Å². The van der Waals surface area contributed by atoms with E-state index in [1.165, 1.54) is 24.3 Å². The maximum absolute atomic E-state index is 13.2. The Kier molecular flexibility index (Phi) is 8.99. The van der Waals surface area contributed by atoms with Gasteiger partial charge in [0.2, 0.25) is 0 Å². The van der Waals surface area contributed by atoms with Crippen molar-refractivity contribution in [3.05, 3.63) is 156 Å². The molecule has 0 heterocycles. The Morgan fingerprint density at radius 3 is 1.98 bits per heavy atom. The van der Waals surface area contributed by atoms with Gasteiger partial charge in [-0.15, -0.1) is 0 Å². The Hall–Kier alpha value is -7.13. The van der Waals surface area contributed by atoms with Crippen LogP contribution >= 0.6 is 0 Å². The van der Waals surface area contributed by atoms with E-state index in [0.29, 0.717) is 17.2 Å². The largest absolute Gasteiger partial charge is 0.478 e. The van der Waals surface area contributed by atoms with Crippen LogP contribution in [0.1, 0.15) is 31.1 Å². The quantitative estimate of drug-likeness (QED) is 0.0821. The van der Waals surface area contributed by atoms with E-state index in [4.69, 9.17) is 14.2 Å². The zero-order valence-electron chi connectivity index (χ0n) is 28.1. The fourth-order valence-corrected chi connectivity index (χ4v) is 5.91. The van der Waals surface area contributed by atoms with Crippen LogP contribution in [0.4, 0.5) is 5.69 Å². The van der Waals surface area contributed by atoms with Crippen molar-refractivity contribution < 1.29 is 38.8 Å². The van der Waals surface area contributed by atoms with Gasteiger partial charge in [-0.3, -0.25) is 0 Å². The minimum atomic E-state index is -1.28. The first-order valence-corrected chi connectivity index (χ1v) is 16.2. The van der Waals surface area contributed by atoms with Gasteiger partial charge in [0.25, 0.3) is 0 Å². The Morgan fingerprint density at radius 2 is 1.23 bits per heavy atom. The van der Waals surface area contributed by atoms with Gasteiger partial charge in [-0.25, -0.2) is 14.4 Å². The van der Waals surface area contributed by atoms with Crippen molar-refractivity contribution >= 4 is 45.1 Å². The number of fused-ring (bicyclic) bond motifs is 2. The molecular weight excluding hydrogens is 658 g/mol. The molecule has 0 aliphatic rings. The molecule has 7 rings (SSSR count). The lowest BCUT2D eigenvalue weighted by atomic mass is 9.95. The highest BCUT2D eigenvalue weighted by molar-refractivity contribution is 6.06. The summed E-state index contributed by atoms with van der Waals surface area (Å²) >= 11 is 0. The summed E-state index contributed by atoms with van der Waals surface area (Å²) in [6, 6.07) is 40.7. The van der Waals surface area contributed by atoms with E-state index in [1.807, 2.05) is 91.8 Å². The second-order valence-corrected chi connectivity index (χ2v) is 12.3. The van der Waals surface area contributed by atoms with Crippen LogP contribution < -0.4 is 19.1 Å². The molecule has 0 bridgehead atoms. The van der Waals surface area contributed by atoms with Crippen molar-refractivity contribution in [1.29, 1.82) is 0 Å². The Labute approximate surface area is 298 Å². The predicted octanol–water partition coefficient (Wildman–Crippen LogP) is 9.93. The summed E-state index contributed by atoms with van der Waals surface area (Å²) in [6.45, 7) is 0. The van der Waals surface area contributed by atoms with Crippen LogP contribution in [0.3, 0.4) is 0 Å². The van der Waals surface area contributed by atoms with Gasteiger partial charge in [0.15, 0.2) is 0 Å². The number of carbonyl (C=O) groups is 3. The number of esters is 1. The average Bonchev–Trinajstić information content (AvgIpc) is 3.14. The van der Waals surface area contributed by atoms with Crippen molar-refractivity contribution in [2.75, 3.05) is 19.0 Å². The highest BCUT2D eigenvalue weighted by Gasteiger charge is 2.19. The standard InChI is InChI=1S/C43H31NO8/c1-44(2)32-10-6-13-35(24-32)51-36-17-18-40(39(25-36)42(47)48)52-43(49)30-9-4-12-34(22-30)50-33-11-3-7-28(21-33)37-14-5-8-27-19-31-20-29(41(45)46)16-15-26(31)23-38(27)37/h3-25H,1-2H3,(H,45,46)(H,47,48). The molecule has 2 N–H and O–H groups in total. The molecular formula is C43H31NO8. The number of carboxylic acid groups (broad SMARTS) is 2. The number of rotatable bonds is 10. The maximum atomic E-state index is 13.2. The fraction of sp³-hybridized carbons (Fsp3) is 0.0465. The van der Waals surface area contributed by atoms with E-state index < -0.39 is 17.9 Å². The molecule has 9 nitrogen and oxygen atoms in total. The van der Waals surface area contributed by atoms with Crippen LogP contribution in [-0.2, 0) is 0 Å². The number of nitrogens with zero attached hydrogens (tertiary/aromatic N) is 1. The molecule has 0 saturated heterocycles. The second-order valence-electron chi connectivity index (χ2n) is 12.3. The van der Waals surface area contributed by atoms with Gasteiger partial charge in [0.1, 0.15) is 34.3 Å². The highest BCUT2D eigenvalue weighted by Crippen LogP contribution is 2.35. The van der Waals surface area contributed by atoms with Crippen LogP contribution in [0, 0.1) is 0 Å². The van der Waals surface area contributed by atoms with Gasteiger partial charge in [0.05, 0.1) is 11.1 Å². The van der Waals surface area contributed by atoms with Gasteiger partial charge in [-0.2, -0.15) is 0 Å². The first-order valence-electron chi connectivity index (χ1n) is 16.2. The third-order valence-corrected chi connectivity index (χ3v) is 8.49. The van der Waals surface area contributed by atoms with Gasteiger partial charge in [-0.05, 0) is 118 Å². The fourth-order valence-electron chi connectivity index (χ4n) is 5.91. The first kappa shape index (κ1) is 33.4. The summed E-state index contributed by atoms with van der Waals surface area (Å²) in [5.41, 5.74) is 2.95. The van der Waals surface area contributed by atoms with Crippen LogP contribution in [0.2, 0.25) is 0 Å². The lowest BCUT2D eigenvalue weighted by Crippen LogP contribution is -2.11. The molecule has 52 heavy (non-hydrogen) atoms. The van der Waals surface area contributed by atoms with Gasteiger partial charge >= 0.3 is 17.9 Å². The average molecular weight is 690 g/mol. The monoisotopic (exact) mass is 689 g/mol. The molecule has 256 valence electrons. The molecule has 9 heteroatoms. The lowest BCUT2D eigenvalue weighted by molar-refractivity contribution is 0.0672. The Balaban J connectivity index is 1.10. The number of aromatic carboxylic acids is 2. The van der Waals surface area contributed by atoms with E-state index in [0.717, 1.165) is 38.4 Å². The van der Waals surface area contributed by atoms with Crippen LogP contribution in [0.25, 0.3) is 32.7 Å². The molecule has 0 spiro atoms. The van der Waals surface area contributed by atoms with E-state index in [2.05, 4.69) is 6.07 Å². The molecule has 7 aromatic rings. The summed E-state index contributed by atoms with van der Waals surface area (Å²) in [7, 11) is 3.81. The smallest absolute Gasteiger partial charge is 0.343 e. The summed E-state index contributed by atoms with van der Waals surface area (Å²) in [5.74, 6) is -1.42. The Morgan fingerprint density at radius 1 is 0.538 bits per heavy atom. The zero-order valence-corrected chi connectivity index (χ0v) is 28.1. The summed E-state index contributed by atoms with van der Waals surface area (Å²) in [5, 5.41) is 23.1. The number of anilines is 1. The maximum Gasteiger partial charge on any atom is 0.343 e. The molecule has 0 aromatic heterocycles. The molecule has 0 aliphatic carbocycles. The molecule has 0 unspecified atom stereocenters. The molecule has 0 saturated carbocycles. The normalized spacial score (nSPS) is 10.9. The predicted molar refractivity (Wildman–Crippen MR) is 200 cm³/mol. The van der Waals surface area contributed by atoms with Crippen molar-refractivity contribution in [2.45, 2.75) is 0 Å². The number of hydrogen-bond acceptors (Lipinski definition) is 7. The zero-order chi connectivity index (χ0) is 36.4. The molecule has 0 aliphatic heterocycles. The Bertz CT molecular complexity index is 2520. The van der Waals surface area contributed by atoms with Crippen molar-refractivity contribution in [3.8, 4) is 39.9 Å². The van der Waals surface area contributed by atoms with Crippen molar-refractivity contribution in [3.63, 3.8) is 0 Å². The topological polar surface area (TPSA) is 123 Å². The molecule has 0 fully saturated rings. The number of ether oxygens (including phenoxy) is 3. The summed E-state index contributed by atoms with van der Waals surface area (Å²) < 4.78 is 17.6. The van der Waals surface area contributed by atoms with Crippen LogP contribution in [0.5, 0.6) is 28.7 Å². The minimum Gasteiger partial charge on any atom is -0.478 e. The van der Waals surface area contributed by atoms with Crippen molar-refractivity contribution in [2.24, 2.45) is 0 Å². The van der Waals surface area contributed by atoms with Gasteiger partial charge < -0.3 is 29.3 Å². The summed E-state index contributed by atoms with van der Waals surface area (Å²) in [4.78, 5) is 38.8. The number of carboxylic acids is 2. The number of benzene rings is 7. The molecule has 7 aromatic carbocycles. The van der Waals surface area contributed by atoms with E-state index in [9.17, 15) is 24.6 Å². The van der Waals surface area contributed by atoms with Gasteiger partial charge in [-0.1, -0.05) is 48.5 Å². The number of hydrogen-bond donors (Lipinski definition) is 2. The van der Waals surface area contributed by atoms with E-state index in [1.54, 1.807) is 36.4 Å². The summed E-state index contributed by atoms with van der Waals surface area (Å²) in [6.07, 6.45) is 0. The molecule has 0 atom stereocenters. The third kappa shape index (κ3) is 7.10. The molecule has 0 amide bonds. The number of carbonyl (C=O) groups excluding carboxylic acids is 1. The van der Waals surface area contributed by atoms with E-state index in [-0.39, 0.29) is 28.2 Å². The second kappa shape index (κ2) is 14.0. The third-order valence-electron chi connectivity index (χ3n) is 8.49. The SMILES string of the molecule is CN(C)c1cccc(Oc2ccc(OC(=O)c3cccc(Oc4cccc(-c5cccc6cc7cc(C(=O)O)ccc7cc56)c4)c3)c(C(=O)O)c2)c1. The van der Waals surface area contributed by atoms with Crippen molar-refractivity contribution in [1.82, 2.24) is 0 Å².